The maximum absolute atomic E-state index is 12.3. The molecule has 0 saturated carbocycles. The molecule has 1 aromatic rings. The van der Waals surface area contributed by atoms with Crippen molar-refractivity contribution < 1.29 is 14.3 Å². The van der Waals surface area contributed by atoms with Crippen LogP contribution < -0.4 is 16.0 Å². The average Bonchev–Trinajstić information content (AvgIpc) is 2.46. The molecule has 1 fully saturated rings. The van der Waals surface area contributed by atoms with Gasteiger partial charge in [0.2, 0.25) is 5.91 Å². The Kier molecular flexibility index (Phi) is 7.20. The van der Waals surface area contributed by atoms with E-state index < -0.39 is 6.04 Å². The van der Waals surface area contributed by atoms with Crippen molar-refractivity contribution in [2.45, 2.75) is 45.4 Å². The normalized spacial score (nSPS) is 20.7. The summed E-state index contributed by atoms with van der Waals surface area (Å²) in [6.45, 7) is 8.89. The first-order chi connectivity index (χ1) is 10.8. The van der Waals surface area contributed by atoms with Crippen LogP contribution in [0.4, 0.5) is 5.69 Å². The highest BCUT2D eigenvalue weighted by Crippen LogP contribution is 2.14. The summed E-state index contributed by atoms with van der Waals surface area (Å²) in [6, 6.07) is 6.52. The summed E-state index contributed by atoms with van der Waals surface area (Å²) in [6.07, 6.45) is -0.184. The van der Waals surface area contributed by atoms with Crippen molar-refractivity contribution in [3.63, 3.8) is 0 Å². The van der Waals surface area contributed by atoms with Gasteiger partial charge in [0.15, 0.2) is 0 Å². The van der Waals surface area contributed by atoms with E-state index in [1.54, 1.807) is 24.3 Å². The molecule has 134 valence electrons. The van der Waals surface area contributed by atoms with E-state index in [9.17, 15) is 9.59 Å². The minimum Gasteiger partial charge on any atom is -0.375 e. The Labute approximate surface area is 149 Å². The Morgan fingerprint density at radius 3 is 2.62 bits per heavy atom. The lowest BCUT2D eigenvalue weighted by molar-refractivity contribution is -0.123. The number of halogens is 1. The fourth-order valence-electron chi connectivity index (χ4n) is 2.40. The van der Waals surface area contributed by atoms with Gasteiger partial charge in [0, 0.05) is 23.3 Å². The van der Waals surface area contributed by atoms with Gasteiger partial charge in [-0.05, 0) is 45.9 Å². The zero-order valence-electron chi connectivity index (χ0n) is 14.5. The third-order valence-electron chi connectivity index (χ3n) is 3.48. The summed E-state index contributed by atoms with van der Waals surface area (Å²) in [5.74, 6) is -0.327. The molecule has 2 amide bonds. The predicted molar refractivity (Wildman–Crippen MR) is 96.7 cm³/mol. The van der Waals surface area contributed by atoms with E-state index in [4.69, 9.17) is 4.74 Å². The van der Waals surface area contributed by atoms with Crippen molar-refractivity contribution in [2.24, 2.45) is 0 Å². The summed E-state index contributed by atoms with van der Waals surface area (Å²) < 4.78 is 5.48. The molecule has 1 aromatic carbocycles. The molecule has 1 saturated heterocycles. The van der Waals surface area contributed by atoms with Crippen molar-refractivity contribution in [1.82, 2.24) is 10.6 Å². The zero-order valence-corrected chi connectivity index (χ0v) is 15.3. The van der Waals surface area contributed by atoms with Crippen LogP contribution in [0, 0.1) is 0 Å². The Balaban J connectivity index is 0.00000288. The SMILES string of the molecule is C[C@H]1OCCN[C@@H]1C(=O)Nc1cccc(C(=O)NC(C)(C)C)c1.Cl. The summed E-state index contributed by atoms with van der Waals surface area (Å²) in [5, 5.41) is 8.88. The smallest absolute Gasteiger partial charge is 0.251 e. The van der Waals surface area contributed by atoms with Crippen LogP contribution in [-0.2, 0) is 9.53 Å². The van der Waals surface area contributed by atoms with Crippen molar-refractivity contribution in [3.8, 4) is 0 Å². The van der Waals surface area contributed by atoms with E-state index >= 15 is 0 Å². The number of hydrogen-bond donors (Lipinski definition) is 3. The maximum Gasteiger partial charge on any atom is 0.251 e. The van der Waals surface area contributed by atoms with E-state index in [-0.39, 0.29) is 35.9 Å². The molecule has 1 aliphatic rings. The lowest BCUT2D eigenvalue weighted by Crippen LogP contribution is -2.53. The van der Waals surface area contributed by atoms with Gasteiger partial charge in [-0.1, -0.05) is 6.07 Å². The first-order valence-corrected chi connectivity index (χ1v) is 7.85. The molecule has 0 aliphatic carbocycles. The minimum atomic E-state index is -0.393. The van der Waals surface area contributed by atoms with Gasteiger partial charge in [0.05, 0.1) is 12.7 Å². The molecular weight excluding hydrogens is 330 g/mol. The molecule has 0 spiro atoms. The highest BCUT2D eigenvalue weighted by atomic mass is 35.5. The van der Waals surface area contributed by atoms with Gasteiger partial charge in [-0.15, -0.1) is 12.4 Å². The average molecular weight is 356 g/mol. The number of anilines is 1. The van der Waals surface area contributed by atoms with E-state index in [1.165, 1.54) is 0 Å². The van der Waals surface area contributed by atoms with E-state index in [0.717, 1.165) is 0 Å². The van der Waals surface area contributed by atoms with Crippen LogP contribution in [0.2, 0.25) is 0 Å². The third kappa shape index (κ3) is 5.78. The molecule has 7 heteroatoms. The van der Waals surface area contributed by atoms with E-state index in [1.807, 2.05) is 27.7 Å². The molecule has 2 atom stereocenters. The van der Waals surface area contributed by atoms with Crippen LogP contribution in [0.1, 0.15) is 38.1 Å². The minimum absolute atomic E-state index is 0. The molecule has 24 heavy (non-hydrogen) atoms. The van der Waals surface area contributed by atoms with Gasteiger partial charge in [-0.25, -0.2) is 0 Å². The van der Waals surface area contributed by atoms with Crippen LogP contribution in [0.3, 0.4) is 0 Å². The molecule has 0 bridgehead atoms. The summed E-state index contributed by atoms with van der Waals surface area (Å²) >= 11 is 0. The summed E-state index contributed by atoms with van der Waals surface area (Å²) in [4.78, 5) is 24.5. The quantitative estimate of drug-likeness (QED) is 0.774. The Bertz CT molecular complexity index is 587. The predicted octanol–water partition coefficient (Wildman–Crippen LogP) is 1.95. The molecule has 0 unspecified atom stereocenters. The number of morpholine rings is 1. The van der Waals surface area contributed by atoms with E-state index in [2.05, 4.69) is 16.0 Å². The third-order valence-corrected chi connectivity index (χ3v) is 3.48. The van der Waals surface area contributed by atoms with Crippen molar-refractivity contribution in [3.05, 3.63) is 29.8 Å². The number of nitrogens with one attached hydrogen (secondary N) is 3. The monoisotopic (exact) mass is 355 g/mol. The van der Waals surface area contributed by atoms with Crippen molar-refractivity contribution in [2.75, 3.05) is 18.5 Å². The zero-order chi connectivity index (χ0) is 17.0. The molecule has 0 radical (unpaired) electrons. The van der Waals surface area contributed by atoms with Gasteiger partial charge in [-0.2, -0.15) is 0 Å². The van der Waals surface area contributed by atoms with Gasteiger partial charge in [0.25, 0.3) is 5.91 Å². The second kappa shape index (κ2) is 8.46. The summed E-state index contributed by atoms with van der Waals surface area (Å²) in [7, 11) is 0. The summed E-state index contributed by atoms with van der Waals surface area (Å²) in [5.41, 5.74) is 0.796. The molecular formula is C17H26ClN3O3. The fraction of sp³-hybridized carbons (Fsp3) is 0.529. The van der Waals surface area contributed by atoms with Crippen LogP contribution in [-0.4, -0.2) is 42.7 Å². The standard InChI is InChI=1S/C17H25N3O3.ClH/c1-11-14(18-8-9-23-11)16(22)19-13-7-5-6-12(10-13)15(21)20-17(2,3)4;/h5-7,10-11,14,18H,8-9H2,1-4H3,(H,19,22)(H,20,21);1H/t11-,14+;/m1./s1. The van der Waals surface area contributed by atoms with Crippen LogP contribution in [0.25, 0.3) is 0 Å². The molecule has 2 rings (SSSR count). The Morgan fingerprint density at radius 1 is 1.29 bits per heavy atom. The van der Waals surface area contributed by atoms with E-state index in [0.29, 0.717) is 24.4 Å². The number of carbonyl (C=O) groups excluding carboxylic acids is 2. The number of ether oxygens (including phenoxy) is 1. The molecule has 1 aliphatic heterocycles. The van der Waals surface area contributed by atoms with Crippen molar-refractivity contribution in [1.29, 1.82) is 0 Å². The highest BCUT2D eigenvalue weighted by molar-refractivity contribution is 5.99. The van der Waals surface area contributed by atoms with Crippen LogP contribution in [0.5, 0.6) is 0 Å². The topological polar surface area (TPSA) is 79.5 Å². The maximum atomic E-state index is 12.3. The molecule has 3 N–H and O–H groups in total. The molecule has 6 nitrogen and oxygen atoms in total. The highest BCUT2D eigenvalue weighted by Gasteiger charge is 2.28. The first kappa shape index (κ1) is 20.4. The van der Waals surface area contributed by atoms with Gasteiger partial charge >= 0.3 is 0 Å². The second-order valence-electron chi connectivity index (χ2n) is 6.78. The Hall–Kier alpha value is -1.63. The molecule has 0 aromatic heterocycles. The number of carbonyl (C=O) groups is 2. The van der Waals surface area contributed by atoms with Gasteiger partial charge in [-0.3, -0.25) is 9.59 Å². The molecule has 1 heterocycles. The van der Waals surface area contributed by atoms with Crippen LogP contribution >= 0.6 is 12.4 Å². The van der Waals surface area contributed by atoms with Gasteiger partial charge in [0.1, 0.15) is 6.04 Å². The lowest BCUT2D eigenvalue weighted by atomic mass is 10.1. The largest absolute Gasteiger partial charge is 0.375 e. The number of amides is 2. The van der Waals surface area contributed by atoms with Crippen molar-refractivity contribution >= 4 is 29.9 Å². The fourth-order valence-corrected chi connectivity index (χ4v) is 2.40. The van der Waals surface area contributed by atoms with Crippen LogP contribution in [0.15, 0.2) is 24.3 Å². The second-order valence-corrected chi connectivity index (χ2v) is 6.78. The first-order valence-electron chi connectivity index (χ1n) is 7.85. The Morgan fingerprint density at radius 2 is 2.00 bits per heavy atom. The number of hydrogen-bond acceptors (Lipinski definition) is 4. The number of benzene rings is 1. The number of rotatable bonds is 3. The van der Waals surface area contributed by atoms with Gasteiger partial charge < -0.3 is 20.7 Å². The lowest BCUT2D eigenvalue weighted by Gasteiger charge is -2.29.